The van der Waals surface area contributed by atoms with E-state index in [9.17, 15) is 30.9 Å². The Morgan fingerprint density at radius 2 is 1.77 bits per heavy atom. The van der Waals surface area contributed by atoms with E-state index in [-0.39, 0.29) is 18.9 Å². The maximum Gasteiger partial charge on any atom is 0.534 e. The van der Waals surface area contributed by atoms with Crippen LogP contribution in [0.1, 0.15) is 12.5 Å². The highest BCUT2D eigenvalue weighted by atomic mass is 32.2. The van der Waals surface area contributed by atoms with Crippen LogP contribution in [-0.4, -0.2) is 45.8 Å². The standard InChI is InChI=1S/C14H19F3NO6PS/c1-10(19)18-12(9-23-25(2,3)20)8-11-4-6-13(7-5-11)24-26(21,22)14(15,16)17/h4-7,12H,8-9H2,1-3H3,(H,18,19)/t12-/m1/s1. The van der Waals surface area contributed by atoms with Crippen LogP contribution in [0.25, 0.3) is 0 Å². The molecule has 0 bridgehead atoms. The van der Waals surface area contributed by atoms with Gasteiger partial charge in [-0.1, -0.05) is 12.1 Å². The highest BCUT2D eigenvalue weighted by Gasteiger charge is 2.48. The Balaban J connectivity index is 2.82. The van der Waals surface area contributed by atoms with Gasteiger partial charge < -0.3 is 14.0 Å². The van der Waals surface area contributed by atoms with Crippen LogP contribution in [0.2, 0.25) is 0 Å². The molecule has 0 aliphatic heterocycles. The first kappa shape index (κ1) is 22.5. The van der Waals surface area contributed by atoms with Gasteiger partial charge in [0.2, 0.25) is 5.91 Å². The third-order valence-corrected chi connectivity index (χ3v) is 4.64. The fourth-order valence-corrected chi connectivity index (χ4v) is 2.85. The molecule has 26 heavy (non-hydrogen) atoms. The molecule has 0 fully saturated rings. The minimum atomic E-state index is -5.74. The highest BCUT2D eigenvalue weighted by molar-refractivity contribution is 7.88. The van der Waals surface area contributed by atoms with Gasteiger partial charge in [-0.05, 0) is 24.1 Å². The van der Waals surface area contributed by atoms with Crippen molar-refractivity contribution in [1.29, 1.82) is 0 Å². The molecule has 0 saturated carbocycles. The van der Waals surface area contributed by atoms with Gasteiger partial charge >= 0.3 is 15.6 Å². The van der Waals surface area contributed by atoms with E-state index in [4.69, 9.17) is 4.52 Å². The van der Waals surface area contributed by atoms with Crippen molar-refractivity contribution in [3.8, 4) is 5.75 Å². The van der Waals surface area contributed by atoms with Crippen LogP contribution in [0.5, 0.6) is 5.75 Å². The number of halogens is 3. The predicted molar refractivity (Wildman–Crippen MR) is 88.8 cm³/mol. The van der Waals surface area contributed by atoms with Gasteiger partial charge in [0.25, 0.3) is 0 Å². The number of hydrogen-bond acceptors (Lipinski definition) is 6. The van der Waals surface area contributed by atoms with Gasteiger partial charge in [-0.3, -0.25) is 9.36 Å². The minimum Gasteiger partial charge on any atom is -0.376 e. The topological polar surface area (TPSA) is 98.8 Å². The quantitative estimate of drug-likeness (QED) is 0.397. The van der Waals surface area contributed by atoms with Gasteiger partial charge in [0.1, 0.15) is 5.75 Å². The zero-order valence-corrected chi connectivity index (χ0v) is 16.0. The first-order valence-corrected chi connectivity index (χ1v) is 11.2. The molecule has 0 aliphatic rings. The summed E-state index contributed by atoms with van der Waals surface area (Å²) in [5.41, 5.74) is -4.94. The first-order chi connectivity index (χ1) is 11.7. The van der Waals surface area contributed by atoms with E-state index in [0.717, 1.165) is 12.1 Å². The fourth-order valence-electron chi connectivity index (χ4n) is 1.85. The number of carbonyl (C=O) groups excluding carboxylic acids is 1. The van der Waals surface area contributed by atoms with Crippen molar-refractivity contribution in [3.05, 3.63) is 29.8 Å². The Morgan fingerprint density at radius 3 is 2.19 bits per heavy atom. The van der Waals surface area contributed by atoms with Crippen LogP contribution in [0.4, 0.5) is 13.2 Å². The van der Waals surface area contributed by atoms with Crippen LogP contribution in [0.15, 0.2) is 24.3 Å². The smallest absolute Gasteiger partial charge is 0.376 e. The molecule has 0 spiro atoms. The zero-order chi connectivity index (χ0) is 20.2. The Kier molecular flexibility index (Phi) is 7.26. The van der Waals surface area contributed by atoms with Crippen molar-refractivity contribution in [2.45, 2.75) is 24.9 Å². The van der Waals surface area contributed by atoms with E-state index >= 15 is 0 Å². The Bertz CT molecular complexity index is 773. The number of benzene rings is 1. The maximum absolute atomic E-state index is 12.3. The molecule has 1 aromatic carbocycles. The number of hydrogen-bond donors (Lipinski definition) is 1. The van der Waals surface area contributed by atoms with Gasteiger partial charge in [0, 0.05) is 20.3 Å². The molecule has 1 N–H and O–H groups in total. The van der Waals surface area contributed by atoms with Crippen LogP contribution in [0, 0.1) is 0 Å². The van der Waals surface area contributed by atoms with Crippen molar-refractivity contribution in [1.82, 2.24) is 5.32 Å². The zero-order valence-electron chi connectivity index (χ0n) is 14.2. The Labute approximate surface area is 149 Å². The van der Waals surface area contributed by atoms with E-state index in [1.165, 1.54) is 32.4 Å². The minimum absolute atomic E-state index is 0.0233. The molecule has 148 valence electrons. The summed E-state index contributed by atoms with van der Waals surface area (Å²) in [5.74, 6) is -0.832. The molecule has 1 aromatic rings. The molecule has 0 aromatic heterocycles. The number of carbonyl (C=O) groups is 1. The van der Waals surface area contributed by atoms with Crippen molar-refractivity contribution < 1.29 is 39.7 Å². The molecule has 12 heteroatoms. The average Bonchev–Trinajstić information content (AvgIpc) is 2.44. The van der Waals surface area contributed by atoms with Crippen LogP contribution >= 0.6 is 7.37 Å². The summed E-state index contributed by atoms with van der Waals surface area (Å²) in [4.78, 5) is 11.2. The fraction of sp³-hybridized carbons (Fsp3) is 0.500. The van der Waals surface area contributed by atoms with Crippen molar-refractivity contribution >= 4 is 23.4 Å². The summed E-state index contributed by atoms with van der Waals surface area (Å²) in [6.07, 6.45) is 0.228. The summed E-state index contributed by atoms with van der Waals surface area (Å²) in [6, 6.07) is 4.32. The average molecular weight is 417 g/mol. The van der Waals surface area contributed by atoms with Crippen molar-refractivity contribution in [2.24, 2.45) is 0 Å². The molecule has 0 saturated heterocycles. The predicted octanol–water partition coefficient (Wildman–Crippen LogP) is 2.52. The van der Waals surface area contributed by atoms with Crippen LogP contribution in [-0.2, 0) is 30.4 Å². The lowest BCUT2D eigenvalue weighted by molar-refractivity contribution is -0.119. The molecule has 7 nitrogen and oxygen atoms in total. The van der Waals surface area contributed by atoms with Crippen LogP contribution in [0.3, 0.4) is 0 Å². The van der Waals surface area contributed by atoms with Gasteiger partial charge in [-0.2, -0.15) is 21.6 Å². The molecular formula is C14H19F3NO6PS. The largest absolute Gasteiger partial charge is 0.534 e. The lowest BCUT2D eigenvalue weighted by Gasteiger charge is -2.19. The third kappa shape index (κ3) is 7.76. The normalized spacial score (nSPS) is 13.9. The molecule has 0 heterocycles. The van der Waals surface area contributed by atoms with Gasteiger partial charge in [0.05, 0.1) is 12.6 Å². The SMILES string of the molecule is CC(=O)N[C@@H](COP(C)(C)=O)Cc1ccc(OS(=O)(=O)C(F)(F)F)cc1. The van der Waals surface area contributed by atoms with E-state index in [1.54, 1.807) is 0 Å². The highest BCUT2D eigenvalue weighted by Crippen LogP contribution is 2.37. The van der Waals surface area contributed by atoms with E-state index < -0.39 is 34.8 Å². The molecular weight excluding hydrogens is 398 g/mol. The Morgan fingerprint density at radius 1 is 1.23 bits per heavy atom. The van der Waals surface area contributed by atoms with E-state index in [1.807, 2.05) is 0 Å². The molecule has 0 radical (unpaired) electrons. The van der Waals surface area contributed by atoms with Crippen molar-refractivity contribution in [3.63, 3.8) is 0 Å². The number of nitrogens with one attached hydrogen (secondary N) is 1. The summed E-state index contributed by atoms with van der Waals surface area (Å²) in [7, 11) is -8.50. The summed E-state index contributed by atoms with van der Waals surface area (Å²) < 4.78 is 79.6. The second-order valence-electron chi connectivity index (χ2n) is 5.78. The molecule has 0 aliphatic carbocycles. The van der Waals surface area contributed by atoms with Crippen LogP contribution < -0.4 is 9.50 Å². The lowest BCUT2D eigenvalue weighted by atomic mass is 10.1. The third-order valence-electron chi connectivity index (χ3n) is 2.89. The maximum atomic E-state index is 12.3. The van der Waals surface area contributed by atoms with E-state index in [0.29, 0.717) is 5.56 Å². The number of rotatable bonds is 8. The van der Waals surface area contributed by atoms with Gasteiger partial charge in [-0.25, -0.2) is 0 Å². The summed E-state index contributed by atoms with van der Waals surface area (Å²) in [6.45, 7) is 4.12. The summed E-state index contributed by atoms with van der Waals surface area (Å²) >= 11 is 0. The second-order valence-corrected chi connectivity index (χ2v) is 10.1. The lowest BCUT2D eigenvalue weighted by Crippen LogP contribution is -2.38. The Hall–Kier alpha value is -1.58. The second kappa shape index (κ2) is 8.41. The number of alkyl halides is 3. The van der Waals surface area contributed by atoms with Gasteiger partial charge in [0.15, 0.2) is 7.37 Å². The van der Waals surface area contributed by atoms with Gasteiger partial charge in [-0.15, -0.1) is 0 Å². The first-order valence-electron chi connectivity index (χ1n) is 7.26. The molecule has 1 amide bonds. The van der Waals surface area contributed by atoms with E-state index in [2.05, 4.69) is 9.50 Å². The summed E-state index contributed by atoms with van der Waals surface area (Å²) in [5, 5.41) is 2.61. The monoisotopic (exact) mass is 417 g/mol. The van der Waals surface area contributed by atoms with Crippen molar-refractivity contribution in [2.75, 3.05) is 19.9 Å². The molecule has 1 atom stereocenters. The molecule has 0 unspecified atom stereocenters. The number of amides is 1. The molecule has 1 rings (SSSR count).